The Morgan fingerprint density at radius 2 is 1.40 bits per heavy atom. The van der Waals surface area contributed by atoms with E-state index in [1.54, 1.807) is 0 Å². The first-order valence-electron chi connectivity index (χ1n) is 8.58. The summed E-state index contributed by atoms with van der Waals surface area (Å²) in [6.45, 7) is 2.19. The van der Waals surface area contributed by atoms with Crippen LogP contribution in [0.2, 0.25) is 0 Å². The lowest BCUT2D eigenvalue weighted by atomic mass is 10.1. The zero-order valence-corrected chi connectivity index (χ0v) is 15.2. The predicted molar refractivity (Wildman–Crippen MR) is 108 cm³/mol. The molecule has 0 N–H and O–H groups in total. The topological polar surface area (TPSA) is 11.4 Å². The van der Waals surface area contributed by atoms with E-state index in [9.17, 15) is 0 Å². The summed E-state index contributed by atoms with van der Waals surface area (Å²) >= 11 is 0. The Kier molecular flexibility index (Phi) is 3.65. The molecule has 0 amide bonds. The van der Waals surface area contributed by atoms with Crippen molar-refractivity contribution in [2.24, 2.45) is 7.05 Å². The van der Waals surface area contributed by atoms with Gasteiger partial charge in [-0.05, 0) is 42.8 Å². The van der Waals surface area contributed by atoms with Crippen LogP contribution >= 0.6 is 0 Å². The first-order valence-corrected chi connectivity index (χ1v) is 8.58. The Hall–Kier alpha value is -2.94. The highest BCUT2D eigenvalue weighted by atomic mass is 15.4. The van der Waals surface area contributed by atoms with Gasteiger partial charge in [-0.2, -0.15) is 0 Å². The van der Waals surface area contributed by atoms with E-state index >= 15 is 0 Å². The number of fused-ring (bicyclic) bond motifs is 2. The van der Waals surface area contributed by atoms with Crippen LogP contribution in [0.25, 0.3) is 17.0 Å². The minimum atomic E-state index is 1.17. The number of hydrogen-bond donors (Lipinski definition) is 0. The van der Waals surface area contributed by atoms with Gasteiger partial charge in [0.15, 0.2) is 0 Å². The summed E-state index contributed by atoms with van der Waals surface area (Å²) < 4.78 is 2.26. The third-order valence-electron chi connectivity index (χ3n) is 5.21. The molecule has 2 aromatic carbocycles. The highest BCUT2D eigenvalue weighted by Gasteiger charge is 2.24. The Labute approximate surface area is 149 Å². The van der Waals surface area contributed by atoms with Gasteiger partial charge in [-0.15, -0.1) is 0 Å². The molecule has 0 atom stereocenters. The van der Waals surface area contributed by atoms with Gasteiger partial charge in [0.2, 0.25) is 0 Å². The lowest BCUT2D eigenvalue weighted by molar-refractivity contribution is 0.948. The minimum Gasteiger partial charge on any atom is -0.344 e. The van der Waals surface area contributed by atoms with Crippen molar-refractivity contribution in [3.8, 4) is 0 Å². The van der Waals surface area contributed by atoms with Gasteiger partial charge in [-0.1, -0.05) is 36.4 Å². The molecule has 1 aromatic heterocycles. The van der Waals surface area contributed by atoms with E-state index in [-0.39, 0.29) is 0 Å². The van der Waals surface area contributed by atoms with E-state index in [1.165, 1.54) is 39.4 Å². The number of para-hydroxylation sites is 3. The fourth-order valence-electron chi connectivity index (χ4n) is 3.79. The summed E-state index contributed by atoms with van der Waals surface area (Å²) in [4.78, 5) is 4.46. The van der Waals surface area contributed by atoms with Gasteiger partial charge in [0.25, 0.3) is 0 Å². The Morgan fingerprint density at radius 1 is 0.800 bits per heavy atom. The lowest BCUT2D eigenvalue weighted by Crippen LogP contribution is -2.21. The molecule has 0 spiro atoms. The van der Waals surface area contributed by atoms with Crippen LogP contribution in [-0.2, 0) is 7.05 Å². The molecule has 0 bridgehead atoms. The fraction of sp³-hybridized carbons (Fsp3) is 0.182. The molecule has 3 heteroatoms. The van der Waals surface area contributed by atoms with Crippen LogP contribution in [0.5, 0.6) is 0 Å². The maximum absolute atomic E-state index is 2.26. The van der Waals surface area contributed by atoms with Crippen molar-refractivity contribution < 1.29 is 0 Å². The minimum absolute atomic E-state index is 1.17. The molecule has 0 saturated heterocycles. The third kappa shape index (κ3) is 2.35. The molecule has 1 aliphatic heterocycles. The predicted octanol–water partition coefficient (Wildman–Crippen LogP) is 4.93. The van der Waals surface area contributed by atoms with Gasteiger partial charge in [0, 0.05) is 37.7 Å². The van der Waals surface area contributed by atoms with Crippen molar-refractivity contribution in [2.75, 3.05) is 23.9 Å². The second-order valence-corrected chi connectivity index (χ2v) is 6.58. The van der Waals surface area contributed by atoms with Crippen molar-refractivity contribution >= 4 is 28.4 Å². The van der Waals surface area contributed by atoms with Gasteiger partial charge in [-0.25, -0.2) is 0 Å². The monoisotopic (exact) mass is 329 g/mol. The van der Waals surface area contributed by atoms with E-state index in [4.69, 9.17) is 0 Å². The zero-order valence-electron chi connectivity index (χ0n) is 15.2. The molecule has 4 rings (SSSR count). The van der Waals surface area contributed by atoms with Crippen LogP contribution < -0.4 is 9.80 Å². The standard InChI is InChI=1S/C22H23N3/c1-16-17-10-5-6-11-19(17)23(2)18(16)14-9-15-22-24(3)20-12-7-8-13-21(20)25(22)4/h5-15H,1-4H3. The first-order chi connectivity index (χ1) is 12.1. The van der Waals surface area contributed by atoms with Gasteiger partial charge in [0.1, 0.15) is 5.82 Å². The van der Waals surface area contributed by atoms with E-state index in [0.717, 1.165) is 0 Å². The molecule has 2 heterocycles. The van der Waals surface area contributed by atoms with Crippen LogP contribution in [0.1, 0.15) is 11.3 Å². The number of nitrogens with zero attached hydrogens (tertiary/aromatic N) is 3. The molecule has 1 aliphatic rings. The molecule has 25 heavy (non-hydrogen) atoms. The Balaban J connectivity index is 1.69. The number of benzene rings is 2. The SMILES string of the molecule is Cc1c(C=CC=C2N(C)c3ccccc3N2C)n(C)c2ccccc12. The number of rotatable bonds is 2. The lowest BCUT2D eigenvalue weighted by Gasteiger charge is -2.17. The highest BCUT2D eigenvalue weighted by molar-refractivity contribution is 5.88. The second kappa shape index (κ2) is 5.85. The largest absolute Gasteiger partial charge is 0.344 e. The van der Waals surface area contributed by atoms with E-state index in [1.807, 2.05) is 0 Å². The maximum atomic E-state index is 2.26. The van der Waals surface area contributed by atoms with E-state index < -0.39 is 0 Å². The molecule has 0 unspecified atom stereocenters. The van der Waals surface area contributed by atoms with Crippen molar-refractivity contribution in [1.29, 1.82) is 0 Å². The average Bonchev–Trinajstić information content (AvgIpc) is 3.03. The summed E-state index contributed by atoms with van der Waals surface area (Å²) in [6, 6.07) is 17.0. The summed E-state index contributed by atoms with van der Waals surface area (Å²) in [7, 11) is 6.36. The number of allylic oxidation sites excluding steroid dienone is 2. The van der Waals surface area contributed by atoms with Crippen molar-refractivity contribution in [2.45, 2.75) is 6.92 Å². The van der Waals surface area contributed by atoms with Gasteiger partial charge in [0.05, 0.1) is 11.4 Å². The number of aromatic nitrogens is 1. The van der Waals surface area contributed by atoms with E-state index in [0.29, 0.717) is 0 Å². The molecule has 0 aliphatic carbocycles. The third-order valence-corrected chi connectivity index (χ3v) is 5.21. The van der Waals surface area contributed by atoms with Crippen LogP contribution in [0.3, 0.4) is 0 Å². The normalized spacial score (nSPS) is 14.0. The maximum Gasteiger partial charge on any atom is 0.112 e. The molecule has 3 nitrogen and oxygen atoms in total. The number of hydrogen-bond acceptors (Lipinski definition) is 2. The molecule has 0 fully saturated rings. The van der Waals surface area contributed by atoms with Crippen LogP contribution in [0, 0.1) is 6.92 Å². The van der Waals surface area contributed by atoms with Crippen LogP contribution in [-0.4, -0.2) is 18.7 Å². The molecule has 0 saturated carbocycles. The van der Waals surface area contributed by atoms with Gasteiger partial charge in [-0.3, -0.25) is 0 Å². The summed E-state index contributed by atoms with van der Waals surface area (Å²) in [5.74, 6) is 1.17. The molecule has 126 valence electrons. The molecule has 0 radical (unpaired) electrons. The first kappa shape index (κ1) is 15.6. The summed E-state index contributed by atoms with van der Waals surface area (Å²) in [5, 5.41) is 1.32. The average molecular weight is 329 g/mol. The fourth-order valence-corrected chi connectivity index (χ4v) is 3.79. The smallest absolute Gasteiger partial charge is 0.112 e. The van der Waals surface area contributed by atoms with Crippen molar-refractivity contribution in [1.82, 2.24) is 4.57 Å². The second-order valence-electron chi connectivity index (χ2n) is 6.58. The Bertz CT molecular complexity index is 937. The van der Waals surface area contributed by atoms with E-state index in [2.05, 4.69) is 109 Å². The summed E-state index contributed by atoms with van der Waals surface area (Å²) in [5.41, 5.74) is 6.33. The molecular weight excluding hydrogens is 306 g/mol. The van der Waals surface area contributed by atoms with Crippen LogP contribution in [0.15, 0.2) is 66.5 Å². The highest BCUT2D eigenvalue weighted by Crippen LogP contribution is 2.39. The zero-order chi connectivity index (χ0) is 17.6. The van der Waals surface area contributed by atoms with Crippen LogP contribution in [0.4, 0.5) is 11.4 Å². The quantitative estimate of drug-likeness (QED) is 0.660. The Morgan fingerprint density at radius 3 is 2.04 bits per heavy atom. The molecular formula is C22H23N3. The molecule has 3 aromatic rings. The van der Waals surface area contributed by atoms with Crippen molar-refractivity contribution in [3.05, 3.63) is 77.8 Å². The van der Waals surface area contributed by atoms with Crippen molar-refractivity contribution in [3.63, 3.8) is 0 Å². The number of aryl methyl sites for hydroxylation is 2. The number of anilines is 2. The van der Waals surface area contributed by atoms with Gasteiger partial charge >= 0.3 is 0 Å². The van der Waals surface area contributed by atoms with Gasteiger partial charge < -0.3 is 14.4 Å². The summed E-state index contributed by atoms with van der Waals surface area (Å²) in [6.07, 6.45) is 6.53.